The summed E-state index contributed by atoms with van der Waals surface area (Å²) in [5, 5.41) is 3.42. The molecule has 4 heteroatoms. The molecule has 1 atom stereocenters. The molecule has 2 rings (SSSR count). The Hall–Kier alpha value is -1.42. The van der Waals surface area contributed by atoms with Crippen LogP contribution in [-0.2, 0) is 4.74 Å². The lowest BCUT2D eigenvalue weighted by molar-refractivity contribution is 0.0876. The molecule has 0 bridgehead atoms. The summed E-state index contributed by atoms with van der Waals surface area (Å²) < 4.78 is 10.9. The van der Waals surface area contributed by atoms with Crippen molar-refractivity contribution in [1.29, 1.82) is 0 Å². The van der Waals surface area contributed by atoms with Crippen LogP contribution in [0.4, 0.5) is 11.4 Å². The SMILES string of the molecule is CCOc1cccc(NC2CCCOC2)c1N. The second kappa shape index (κ2) is 5.77. The van der Waals surface area contributed by atoms with Crippen molar-refractivity contribution < 1.29 is 9.47 Å². The summed E-state index contributed by atoms with van der Waals surface area (Å²) >= 11 is 0. The van der Waals surface area contributed by atoms with Gasteiger partial charge in [-0.25, -0.2) is 0 Å². The molecule has 1 unspecified atom stereocenters. The lowest BCUT2D eigenvalue weighted by Crippen LogP contribution is -2.30. The number of anilines is 2. The third kappa shape index (κ3) is 3.03. The molecule has 1 aromatic carbocycles. The number of nitrogens with one attached hydrogen (secondary N) is 1. The summed E-state index contributed by atoms with van der Waals surface area (Å²) in [6.45, 7) is 4.19. The molecule has 0 aromatic heterocycles. The number of ether oxygens (including phenoxy) is 2. The molecule has 1 saturated heterocycles. The van der Waals surface area contributed by atoms with Crippen molar-refractivity contribution in [2.45, 2.75) is 25.8 Å². The number of hydrogen-bond donors (Lipinski definition) is 2. The summed E-state index contributed by atoms with van der Waals surface area (Å²) in [5.41, 5.74) is 7.68. The first-order valence-corrected chi connectivity index (χ1v) is 6.17. The van der Waals surface area contributed by atoms with Crippen molar-refractivity contribution >= 4 is 11.4 Å². The monoisotopic (exact) mass is 236 g/mol. The third-order valence-electron chi connectivity index (χ3n) is 2.89. The maximum absolute atomic E-state index is 6.06. The second-order valence-electron chi connectivity index (χ2n) is 4.21. The fraction of sp³-hybridized carbons (Fsp3) is 0.538. The van der Waals surface area contributed by atoms with Crippen LogP contribution in [0.2, 0.25) is 0 Å². The molecule has 0 spiro atoms. The molecule has 0 aliphatic carbocycles. The third-order valence-corrected chi connectivity index (χ3v) is 2.89. The molecule has 1 fully saturated rings. The highest BCUT2D eigenvalue weighted by atomic mass is 16.5. The van der Waals surface area contributed by atoms with E-state index in [4.69, 9.17) is 15.2 Å². The summed E-state index contributed by atoms with van der Waals surface area (Å²) in [7, 11) is 0. The van der Waals surface area contributed by atoms with Crippen LogP contribution in [-0.4, -0.2) is 25.9 Å². The summed E-state index contributed by atoms with van der Waals surface area (Å²) in [5.74, 6) is 0.745. The van der Waals surface area contributed by atoms with E-state index < -0.39 is 0 Å². The van der Waals surface area contributed by atoms with Gasteiger partial charge in [-0.1, -0.05) is 6.07 Å². The van der Waals surface area contributed by atoms with Crippen LogP contribution in [0.1, 0.15) is 19.8 Å². The van der Waals surface area contributed by atoms with E-state index in [-0.39, 0.29) is 0 Å². The number of rotatable bonds is 4. The number of benzene rings is 1. The molecule has 17 heavy (non-hydrogen) atoms. The van der Waals surface area contributed by atoms with Gasteiger partial charge in [0.15, 0.2) is 0 Å². The predicted molar refractivity (Wildman–Crippen MR) is 69.5 cm³/mol. The lowest BCUT2D eigenvalue weighted by atomic mass is 10.1. The van der Waals surface area contributed by atoms with Crippen molar-refractivity contribution in [3.8, 4) is 5.75 Å². The standard InChI is InChI=1S/C13H20N2O2/c1-2-17-12-7-3-6-11(13(12)14)15-10-5-4-8-16-9-10/h3,6-7,10,15H,2,4-5,8-9,14H2,1H3. The second-order valence-corrected chi connectivity index (χ2v) is 4.21. The van der Waals surface area contributed by atoms with Crippen molar-refractivity contribution in [3.05, 3.63) is 18.2 Å². The van der Waals surface area contributed by atoms with Gasteiger partial charge in [0, 0.05) is 12.6 Å². The molecule has 1 heterocycles. The van der Waals surface area contributed by atoms with Gasteiger partial charge in [0.2, 0.25) is 0 Å². The maximum atomic E-state index is 6.06. The highest BCUT2D eigenvalue weighted by Gasteiger charge is 2.15. The zero-order valence-corrected chi connectivity index (χ0v) is 10.2. The van der Waals surface area contributed by atoms with Crippen LogP contribution < -0.4 is 15.8 Å². The molecule has 0 amide bonds. The Bertz CT molecular complexity index is 362. The van der Waals surface area contributed by atoms with Gasteiger partial charge in [0.05, 0.1) is 24.6 Å². The van der Waals surface area contributed by atoms with Crippen molar-refractivity contribution in [3.63, 3.8) is 0 Å². The molecule has 4 nitrogen and oxygen atoms in total. The van der Waals surface area contributed by atoms with Gasteiger partial charge < -0.3 is 20.5 Å². The highest BCUT2D eigenvalue weighted by Crippen LogP contribution is 2.30. The quantitative estimate of drug-likeness (QED) is 0.787. The van der Waals surface area contributed by atoms with E-state index in [1.165, 1.54) is 0 Å². The smallest absolute Gasteiger partial charge is 0.144 e. The van der Waals surface area contributed by atoms with Crippen LogP contribution in [0.5, 0.6) is 5.75 Å². The first-order valence-electron chi connectivity index (χ1n) is 6.17. The number of nitrogen functional groups attached to an aromatic ring is 1. The molecule has 1 aromatic rings. The van der Waals surface area contributed by atoms with Crippen molar-refractivity contribution in [2.75, 3.05) is 30.9 Å². The van der Waals surface area contributed by atoms with Gasteiger partial charge in [-0.2, -0.15) is 0 Å². The fourth-order valence-corrected chi connectivity index (χ4v) is 2.03. The minimum Gasteiger partial charge on any atom is -0.492 e. The van der Waals surface area contributed by atoms with Crippen LogP contribution in [0.15, 0.2) is 18.2 Å². The number of para-hydroxylation sites is 1. The maximum Gasteiger partial charge on any atom is 0.144 e. The molecule has 0 radical (unpaired) electrons. The van der Waals surface area contributed by atoms with E-state index in [0.717, 1.165) is 37.5 Å². The Morgan fingerprint density at radius 2 is 2.41 bits per heavy atom. The van der Waals surface area contributed by atoms with Crippen LogP contribution in [0.3, 0.4) is 0 Å². The van der Waals surface area contributed by atoms with Crippen molar-refractivity contribution in [2.24, 2.45) is 0 Å². The largest absolute Gasteiger partial charge is 0.492 e. The van der Waals surface area contributed by atoms with Gasteiger partial charge in [-0.15, -0.1) is 0 Å². The lowest BCUT2D eigenvalue weighted by Gasteiger charge is -2.25. The van der Waals surface area contributed by atoms with Gasteiger partial charge in [-0.3, -0.25) is 0 Å². The molecular formula is C13H20N2O2. The highest BCUT2D eigenvalue weighted by molar-refractivity contribution is 5.73. The summed E-state index contributed by atoms with van der Waals surface area (Å²) in [6.07, 6.45) is 2.22. The number of hydrogen-bond acceptors (Lipinski definition) is 4. The predicted octanol–water partition coefficient (Wildman–Crippen LogP) is 2.26. The van der Waals surface area contributed by atoms with E-state index in [1.807, 2.05) is 25.1 Å². The molecular weight excluding hydrogens is 216 g/mol. The Morgan fingerprint density at radius 3 is 3.12 bits per heavy atom. The minimum absolute atomic E-state index is 0.350. The van der Waals surface area contributed by atoms with E-state index in [9.17, 15) is 0 Å². The first kappa shape index (κ1) is 12.0. The van der Waals surface area contributed by atoms with Gasteiger partial charge in [0.1, 0.15) is 5.75 Å². The Labute approximate surface area is 102 Å². The average molecular weight is 236 g/mol. The van der Waals surface area contributed by atoms with Gasteiger partial charge in [-0.05, 0) is 31.9 Å². The Kier molecular flexibility index (Phi) is 4.09. The molecule has 3 N–H and O–H groups in total. The summed E-state index contributed by atoms with van der Waals surface area (Å²) in [6, 6.07) is 6.17. The van der Waals surface area contributed by atoms with Gasteiger partial charge in [0.25, 0.3) is 0 Å². The Balaban J connectivity index is 2.06. The normalized spacial score (nSPS) is 19.9. The van der Waals surface area contributed by atoms with E-state index in [1.54, 1.807) is 0 Å². The Morgan fingerprint density at radius 1 is 1.53 bits per heavy atom. The van der Waals surface area contributed by atoms with Crippen molar-refractivity contribution in [1.82, 2.24) is 0 Å². The fourth-order valence-electron chi connectivity index (χ4n) is 2.03. The molecule has 1 aliphatic heterocycles. The topological polar surface area (TPSA) is 56.5 Å². The molecule has 0 saturated carbocycles. The van der Waals surface area contributed by atoms with Crippen LogP contribution in [0, 0.1) is 0 Å². The average Bonchev–Trinajstić information content (AvgIpc) is 2.36. The van der Waals surface area contributed by atoms with Crippen LogP contribution in [0.25, 0.3) is 0 Å². The van der Waals surface area contributed by atoms with Gasteiger partial charge >= 0.3 is 0 Å². The van der Waals surface area contributed by atoms with E-state index in [0.29, 0.717) is 18.3 Å². The number of nitrogens with two attached hydrogens (primary N) is 1. The van der Waals surface area contributed by atoms with Crippen LogP contribution >= 0.6 is 0 Å². The summed E-state index contributed by atoms with van der Waals surface area (Å²) in [4.78, 5) is 0. The zero-order chi connectivity index (χ0) is 12.1. The first-order chi connectivity index (χ1) is 8.31. The molecule has 1 aliphatic rings. The molecule has 94 valence electrons. The van der Waals surface area contributed by atoms with E-state index in [2.05, 4.69) is 5.32 Å². The van der Waals surface area contributed by atoms with E-state index >= 15 is 0 Å². The zero-order valence-electron chi connectivity index (χ0n) is 10.2. The minimum atomic E-state index is 0.350.